The van der Waals surface area contributed by atoms with Crippen LogP contribution < -0.4 is 5.32 Å². The van der Waals surface area contributed by atoms with E-state index in [1.54, 1.807) is 6.08 Å². The number of hydrogen-bond acceptors (Lipinski definition) is 4. The lowest BCUT2D eigenvalue weighted by molar-refractivity contribution is -0.122. The molecule has 0 rings (SSSR count). The number of carbonyl (C=O) groups is 1. The number of allylic oxidation sites excluding steroid dienone is 1. The summed E-state index contributed by atoms with van der Waals surface area (Å²) in [5.41, 5.74) is 0. The highest BCUT2D eigenvalue weighted by Gasteiger charge is 2.24. The van der Waals surface area contributed by atoms with Crippen LogP contribution in [0.2, 0.25) is 0 Å². The quantitative estimate of drug-likeness (QED) is 0.0343. The third-order valence-corrected chi connectivity index (χ3v) is 10.2. The van der Waals surface area contributed by atoms with E-state index in [1.165, 1.54) is 161 Å². The molecule has 0 aromatic heterocycles. The van der Waals surface area contributed by atoms with Gasteiger partial charge in [-0.2, -0.15) is 8.42 Å². The van der Waals surface area contributed by atoms with E-state index < -0.39 is 28.0 Å². The smallest absolute Gasteiger partial charge is 0.267 e. The molecular weight excluding hydrogens is 607 g/mol. The van der Waals surface area contributed by atoms with Crippen molar-refractivity contribution in [1.29, 1.82) is 0 Å². The molecule has 0 aromatic rings. The maximum Gasteiger partial charge on any atom is 0.267 e. The second kappa shape index (κ2) is 34.9. The van der Waals surface area contributed by atoms with Gasteiger partial charge in [0.15, 0.2) is 0 Å². The van der Waals surface area contributed by atoms with Crippen LogP contribution in [0, 0.1) is 0 Å². The molecule has 0 aliphatic rings. The van der Waals surface area contributed by atoms with E-state index in [2.05, 4.69) is 19.2 Å². The normalized spacial score (nSPS) is 13.4. The monoisotopic (exact) mass is 686 g/mol. The summed E-state index contributed by atoms with van der Waals surface area (Å²) in [6, 6.07) is -1.05. The van der Waals surface area contributed by atoms with Gasteiger partial charge >= 0.3 is 0 Å². The number of rotatable bonds is 37. The number of carbonyl (C=O) groups excluding carboxylic acids is 1. The molecule has 0 radical (unpaired) electrons. The predicted octanol–water partition coefficient (Wildman–Crippen LogP) is 11.8. The number of hydrogen-bond donors (Lipinski definition) is 3. The Bertz CT molecular complexity index is 800. The van der Waals surface area contributed by atoms with E-state index >= 15 is 0 Å². The fraction of sp³-hybridized carbons (Fsp3) is 0.925. The number of aliphatic hydroxyl groups is 1. The minimum absolute atomic E-state index is 0.275. The van der Waals surface area contributed by atoms with Crippen molar-refractivity contribution in [2.24, 2.45) is 0 Å². The fourth-order valence-corrected chi connectivity index (χ4v) is 7.13. The molecule has 0 saturated heterocycles. The van der Waals surface area contributed by atoms with Gasteiger partial charge in [-0.15, -0.1) is 0 Å². The molecule has 47 heavy (non-hydrogen) atoms. The standard InChI is InChI=1S/C40H79NO5S/c1-3-5-7-9-11-13-15-17-18-19-20-21-22-24-26-28-30-32-34-36-40(43)41-38(37-47(44,45)46)39(42)35-33-31-29-27-25-23-16-14-12-10-8-6-4-2/h33,35,38-39,42H,3-32,34,36-37H2,1-2H3,(H,41,43)(H,44,45,46)/b35-33+. The fourth-order valence-electron chi connectivity index (χ4n) is 6.39. The maximum absolute atomic E-state index is 12.5. The van der Waals surface area contributed by atoms with Crippen molar-refractivity contribution < 1.29 is 22.9 Å². The van der Waals surface area contributed by atoms with Gasteiger partial charge in [-0.25, -0.2) is 0 Å². The molecule has 0 aromatic carbocycles. The van der Waals surface area contributed by atoms with Crippen LogP contribution in [0.5, 0.6) is 0 Å². The summed E-state index contributed by atoms with van der Waals surface area (Å²) in [6.07, 6.45) is 42.0. The van der Waals surface area contributed by atoms with E-state index in [1.807, 2.05) is 6.08 Å². The summed E-state index contributed by atoms with van der Waals surface area (Å²) in [4.78, 5) is 12.5. The van der Waals surface area contributed by atoms with Crippen LogP contribution in [0.1, 0.15) is 219 Å². The first-order valence-electron chi connectivity index (χ1n) is 20.4. The van der Waals surface area contributed by atoms with Crippen molar-refractivity contribution in [3.8, 4) is 0 Å². The van der Waals surface area contributed by atoms with Crippen molar-refractivity contribution in [2.45, 2.75) is 231 Å². The number of nitrogens with one attached hydrogen (secondary N) is 1. The zero-order valence-corrected chi connectivity index (χ0v) is 32.0. The number of amides is 1. The summed E-state index contributed by atoms with van der Waals surface area (Å²) in [7, 11) is -4.33. The minimum Gasteiger partial charge on any atom is -0.387 e. The molecule has 0 heterocycles. The molecule has 0 fully saturated rings. The van der Waals surface area contributed by atoms with E-state index in [9.17, 15) is 22.9 Å². The van der Waals surface area contributed by atoms with Crippen LogP contribution in [0.15, 0.2) is 12.2 Å². The molecule has 7 heteroatoms. The molecule has 6 nitrogen and oxygen atoms in total. The highest BCUT2D eigenvalue weighted by Crippen LogP contribution is 2.16. The van der Waals surface area contributed by atoms with Gasteiger partial charge in [-0.1, -0.05) is 206 Å². The lowest BCUT2D eigenvalue weighted by Gasteiger charge is -2.21. The highest BCUT2D eigenvalue weighted by atomic mass is 32.2. The second-order valence-electron chi connectivity index (χ2n) is 14.3. The van der Waals surface area contributed by atoms with Crippen molar-refractivity contribution in [1.82, 2.24) is 5.32 Å². The Morgan fingerprint density at radius 2 is 0.872 bits per heavy atom. The molecule has 0 saturated carbocycles. The predicted molar refractivity (Wildman–Crippen MR) is 203 cm³/mol. The zero-order valence-electron chi connectivity index (χ0n) is 31.2. The van der Waals surface area contributed by atoms with E-state index in [4.69, 9.17) is 0 Å². The van der Waals surface area contributed by atoms with Crippen LogP contribution in [-0.2, 0) is 14.9 Å². The molecule has 1 amide bonds. The second-order valence-corrected chi connectivity index (χ2v) is 15.8. The first-order valence-corrected chi connectivity index (χ1v) is 22.0. The van der Waals surface area contributed by atoms with Crippen LogP contribution in [-0.4, -0.2) is 41.9 Å². The Balaban J connectivity index is 3.85. The van der Waals surface area contributed by atoms with Gasteiger partial charge in [0.05, 0.1) is 17.9 Å². The first kappa shape index (κ1) is 46.1. The summed E-state index contributed by atoms with van der Waals surface area (Å²) >= 11 is 0. The molecular formula is C40H79NO5S. The minimum atomic E-state index is -4.33. The lowest BCUT2D eigenvalue weighted by atomic mass is 10.0. The van der Waals surface area contributed by atoms with E-state index in [0.29, 0.717) is 6.42 Å². The first-order chi connectivity index (χ1) is 22.8. The van der Waals surface area contributed by atoms with Gasteiger partial charge in [0, 0.05) is 6.42 Å². The molecule has 0 spiro atoms. The summed E-state index contributed by atoms with van der Waals surface area (Å²) in [6.45, 7) is 4.52. The lowest BCUT2D eigenvalue weighted by Crippen LogP contribution is -2.46. The van der Waals surface area contributed by atoms with E-state index in [0.717, 1.165) is 38.5 Å². The molecule has 2 unspecified atom stereocenters. The Hall–Kier alpha value is -0.920. The molecule has 280 valence electrons. The third-order valence-electron chi connectivity index (χ3n) is 9.46. The third kappa shape index (κ3) is 36.2. The van der Waals surface area contributed by atoms with Crippen LogP contribution in [0.4, 0.5) is 0 Å². The Labute approximate surface area is 292 Å². The van der Waals surface area contributed by atoms with Gasteiger partial charge in [0.25, 0.3) is 10.1 Å². The maximum atomic E-state index is 12.5. The Kier molecular flexibility index (Phi) is 34.2. The van der Waals surface area contributed by atoms with Gasteiger partial charge < -0.3 is 10.4 Å². The Morgan fingerprint density at radius 1 is 0.553 bits per heavy atom. The number of aliphatic hydroxyl groups excluding tert-OH is 1. The molecule has 3 N–H and O–H groups in total. The molecule has 0 aliphatic heterocycles. The SMILES string of the molecule is CCCCCCCCCCCCC/C=C/C(O)C(CS(=O)(=O)O)NC(=O)CCCCCCCCCCCCCCCCCCCCC. The summed E-state index contributed by atoms with van der Waals surface area (Å²) in [5, 5.41) is 13.2. The molecule has 0 bridgehead atoms. The molecule has 0 aliphatic carbocycles. The average molecular weight is 686 g/mol. The van der Waals surface area contributed by atoms with Gasteiger partial charge in [-0.05, 0) is 19.3 Å². The van der Waals surface area contributed by atoms with Crippen molar-refractivity contribution in [3.05, 3.63) is 12.2 Å². The van der Waals surface area contributed by atoms with Gasteiger partial charge in [0.2, 0.25) is 5.91 Å². The van der Waals surface area contributed by atoms with Crippen LogP contribution in [0.25, 0.3) is 0 Å². The summed E-state index contributed by atoms with van der Waals surface area (Å²) in [5.74, 6) is -0.967. The average Bonchev–Trinajstić information content (AvgIpc) is 3.03. The zero-order chi connectivity index (χ0) is 34.7. The molecule has 2 atom stereocenters. The van der Waals surface area contributed by atoms with Gasteiger partial charge in [-0.3, -0.25) is 9.35 Å². The van der Waals surface area contributed by atoms with Crippen molar-refractivity contribution in [3.63, 3.8) is 0 Å². The summed E-state index contributed by atoms with van der Waals surface area (Å²) < 4.78 is 32.4. The van der Waals surface area contributed by atoms with Crippen LogP contribution >= 0.6 is 0 Å². The van der Waals surface area contributed by atoms with Gasteiger partial charge in [0.1, 0.15) is 0 Å². The highest BCUT2D eigenvalue weighted by molar-refractivity contribution is 7.85. The topological polar surface area (TPSA) is 104 Å². The van der Waals surface area contributed by atoms with Crippen LogP contribution in [0.3, 0.4) is 0 Å². The van der Waals surface area contributed by atoms with Crippen molar-refractivity contribution in [2.75, 3.05) is 5.75 Å². The van der Waals surface area contributed by atoms with E-state index in [-0.39, 0.29) is 5.91 Å². The van der Waals surface area contributed by atoms with Crippen molar-refractivity contribution >= 4 is 16.0 Å². The number of unbranched alkanes of at least 4 members (excludes halogenated alkanes) is 29. The Morgan fingerprint density at radius 3 is 1.21 bits per heavy atom. The largest absolute Gasteiger partial charge is 0.387 e.